The molecule has 0 spiro atoms. The predicted octanol–water partition coefficient (Wildman–Crippen LogP) is 4.09. The number of hydrogen-bond donors (Lipinski definition) is 1. The molecule has 0 heterocycles. The van der Waals surface area contributed by atoms with Crippen LogP contribution in [0.5, 0.6) is 0 Å². The van der Waals surface area contributed by atoms with Crippen LogP contribution in [0.25, 0.3) is 11.1 Å². The van der Waals surface area contributed by atoms with E-state index in [0.717, 1.165) is 21.6 Å². The van der Waals surface area contributed by atoms with Crippen LogP contribution in [0.4, 0.5) is 4.39 Å². The molecule has 0 aromatic heterocycles. The third-order valence-corrected chi connectivity index (χ3v) is 2.63. The summed E-state index contributed by atoms with van der Waals surface area (Å²) >= 11 is 4.27. The molecular weight excluding hydrogens is 207 g/mol. The van der Waals surface area contributed by atoms with E-state index in [2.05, 4.69) is 12.6 Å². The molecule has 15 heavy (non-hydrogen) atoms. The number of aryl methyl sites for hydroxylation is 1. The summed E-state index contributed by atoms with van der Waals surface area (Å²) in [6.45, 7) is 1.97. The monoisotopic (exact) mass is 218 g/mol. The van der Waals surface area contributed by atoms with Gasteiger partial charge in [0.05, 0.1) is 0 Å². The lowest BCUT2D eigenvalue weighted by molar-refractivity contribution is 0.628. The van der Waals surface area contributed by atoms with Crippen LogP contribution < -0.4 is 0 Å². The standard InChI is InChI=1S/C13H11FS/c1-9-5-6-11(14)8-13(9)10-3-2-4-12(15)7-10/h2-8,15H,1H3. The second-order valence-electron chi connectivity index (χ2n) is 3.51. The third kappa shape index (κ3) is 2.21. The zero-order valence-corrected chi connectivity index (χ0v) is 9.26. The molecule has 0 nitrogen and oxygen atoms in total. The van der Waals surface area contributed by atoms with Gasteiger partial charge in [-0.3, -0.25) is 0 Å². The Morgan fingerprint density at radius 1 is 1.07 bits per heavy atom. The highest BCUT2D eigenvalue weighted by Crippen LogP contribution is 2.25. The van der Waals surface area contributed by atoms with E-state index in [4.69, 9.17) is 0 Å². The lowest BCUT2D eigenvalue weighted by Crippen LogP contribution is -1.85. The fourth-order valence-corrected chi connectivity index (χ4v) is 1.80. The second kappa shape index (κ2) is 4.07. The maximum absolute atomic E-state index is 13.1. The molecule has 0 amide bonds. The van der Waals surface area contributed by atoms with E-state index in [9.17, 15) is 4.39 Å². The molecule has 0 radical (unpaired) electrons. The molecule has 0 saturated carbocycles. The number of rotatable bonds is 1. The molecule has 0 atom stereocenters. The van der Waals surface area contributed by atoms with Crippen molar-refractivity contribution in [1.82, 2.24) is 0 Å². The van der Waals surface area contributed by atoms with Crippen LogP contribution in [0.2, 0.25) is 0 Å². The van der Waals surface area contributed by atoms with Crippen molar-refractivity contribution < 1.29 is 4.39 Å². The smallest absolute Gasteiger partial charge is 0.123 e. The van der Waals surface area contributed by atoms with Gasteiger partial charge in [0.25, 0.3) is 0 Å². The highest BCUT2D eigenvalue weighted by Gasteiger charge is 2.03. The molecule has 0 aliphatic carbocycles. The first-order chi connectivity index (χ1) is 7.16. The van der Waals surface area contributed by atoms with Crippen LogP contribution in [0.1, 0.15) is 5.56 Å². The van der Waals surface area contributed by atoms with Gasteiger partial charge in [0.15, 0.2) is 0 Å². The summed E-state index contributed by atoms with van der Waals surface area (Å²) in [5.74, 6) is -0.208. The summed E-state index contributed by atoms with van der Waals surface area (Å²) in [6.07, 6.45) is 0. The lowest BCUT2D eigenvalue weighted by atomic mass is 10.0. The minimum absolute atomic E-state index is 0.208. The largest absolute Gasteiger partial charge is 0.207 e. The van der Waals surface area contributed by atoms with Gasteiger partial charge in [0, 0.05) is 4.90 Å². The van der Waals surface area contributed by atoms with Crippen molar-refractivity contribution in [2.75, 3.05) is 0 Å². The molecule has 0 unspecified atom stereocenters. The Morgan fingerprint density at radius 3 is 2.60 bits per heavy atom. The first kappa shape index (κ1) is 10.2. The lowest BCUT2D eigenvalue weighted by Gasteiger charge is -2.06. The van der Waals surface area contributed by atoms with Gasteiger partial charge >= 0.3 is 0 Å². The van der Waals surface area contributed by atoms with Crippen molar-refractivity contribution in [2.24, 2.45) is 0 Å². The van der Waals surface area contributed by atoms with Gasteiger partial charge in [0.1, 0.15) is 5.82 Å². The van der Waals surface area contributed by atoms with Crippen molar-refractivity contribution in [3.05, 3.63) is 53.8 Å². The molecule has 0 aliphatic rings. The molecule has 2 aromatic carbocycles. The van der Waals surface area contributed by atoms with Gasteiger partial charge in [-0.05, 0) is 47.9 Å². The summed E-state index contributed by atoms with van der Waals surface area (Å²) in [6, 6.07) is 12.5. The Morgan fingerprint density at radius 2 is 1.87 bits per heavy atom. The summed E-state index contributed by atoms with van der Waals surface area (Å²) in [5.41, 5.74) is 2.99. The van der Waals surface area contributed by atoms with Crippen molar-refractivity contribution in [2.45, 2.75) is 11.8 Å². The quantitative estimate of drug-likeness (QED) is 0.685. The molecule has 2 rings (SSSR count). The normalized spacial score (nSPS) is 10.3. The molecule has 0 N–H and O–H groups in total. The van der Waals surface area contributed by atoms with E-state index < -0.39 is 0 Å². The van der Waals surface area contributed by atoms with Crippen LogP contribution in [0.3, 0.4) is 0 Å². The van der Waals surface area contributed by atoms with Crippen LogP contribution >= 0.6 is 12.6 Å². The fourth-order valence-electron chi connectivity index (χ4n) is 1.58. The Bertz CT molecular complexity index is 492. The third-order valence-electron chi connectivity index (χ3n) is 2.36. The Labute approximate surface area is 94.2 Å². The molecule has 0 aliphatic heterocycles. The van der Waals surface area contributed by atoms with Gasteiger partial charge in [-0.15, -0.1) is 12.6 Å². The van der Waals surface area contributed by atoms with Gasteiger partial charge < -0.3 is 0 Å². The van der Waals surface area contributed by atoms with Gasteiger partial charge in [-0.25, -0.2) is 4.39 Å². The van der Waals surface area contributed by atoms with Crippen molar-refractivity contribution in [1.29, 1.82) is 0 Å². The summed E-state index contributed by atoms with van der Waals surface area (Å²) in [4.78, 5) is 0.885. The molecule has 0 fully saturated rings. The average Bonchev–Trinajstić information content (AvgIpc) is 2.22. The van der Waals surface area contributed by atoms with Crippen LogP contribution in [0.15, 0.2) is 47.4 Å². The minimum Gasteiger partial charge on any atom is -0.207 e. The van der Waals surface area contributed by atoms with Gasteiger partial charge in [-0.1, -0.05) is 18.2 Å². The van der Waals surface area contributed by atoms with Crippen LogP contribution in [0, 0.1) is 12.7 Å². The van der Waals surface area contributed by atoms with Crippen molar-refractivity contribution >= 4 is 12.6 Å². The first-order valence-electron chi connectivity index (χ1n) is 4.72. The predicted molar refractivity (Wildman–Crippen MR) is 63.8 cm³/mol. The van der Waals surface area contributed by atoms with Crippen molar-refractivity contribution in [3.8, 4) is 11.1 Å². The number of thiol groups is 1. The van der Waals surface area contributed by atoms with E-state index >= 15 is 0 Å². The molecule has 2 heteroatoms. The van der Waals surface area contributed by atoms with Gasteiger partial charge in [-0.2, -0.15) is 0 Å². The minimum atomic E-state index is -0.208. The summed E-state index contributed by atoms with van der Waals surface area (Å²) < 4.78 is 13.1. The number of hydrogen-bond acceptors (Lipinski definition) is 1. The molecule has 76 valence electrons. The number of halogens is 1. The SMILES string of the molecule is Cc1ccc(F)cc1-c1cccc(S)c1. The zero-order chi connectivity index (χ0) is 10.8. The van der Waals surface area contributed by atoms with E-state index in [1.165, 1.54) is 6.07 Å². The second-order valence-corrected chi connectivity index (χ2v) is 4.03. The van der Waals surface area contributed by atoms with Crippen molar-refractivity contribution in [3.63, 3.8) is 0 Å². The fraction of sp³-hybridized carbons (Fsp3) is 0.0769. The highest BCUT2D eigenvalue weighted by atomic mass is 32.1. The number of benzene rings is 2. The summed E-state index contributed by atoms with van der Waals surface area (Å²) in [5, 5.41) is 0. The first-order valence-corrected chi connectivity index (χ1v) is 5.17. The molecule has 0 saturated heterocycles. The van der Waals surface area contributed by atoms with E-state index in [-0.39, 0.29) is 5.82 Å². The Hall–Kier alpha value is -1.28. The van der Waals surface area contributed by atoms with Crippen LogP contribution in [-0.4, -0.2) is 0 Å². The Balaban J connectivity index is 2.58. The van der Waals surface area contributed by atoms with E-state index in [0.29, 0.717) is 0 Å². The summed E-state index contributed by atoms with van der Waals surface area (Å²) in [7, 11) is 0. The zero-order valence-electron chi connectivity index (χ0n) is 8.37. The maximum Gasteiger partial charge on any atom is 0.123 e. The highest BCUT2D eigenvalue weighted by molar-refractivity contribution is 7.80. The van der Waals surface area contributed by atoms with E-state index in [1.54, 1.807) is 12.1 Å². The average molecular weight is 218 g/mol. The Kier molecular flexibility index (Phi) is 2.78. The molecule has 2 aromatic rings. The maximum atomic E-state index is 13.1. The molecule has 0 bridgehead atoms. The van der Waals surface area contributed by atoms with Gasteiger partial charge in [0.2, 0.25) is 0 Å². The topological polar surface area (TPSA) is 0 Å². The van der Waals surface area contributed by atoms with Crippen LogP contribution in [-0.2, 0) is 0 Å². The van der Waals surface area contributed by atoms with E-state index in [1.807, 2.05) is 31.2 Å². The molecular formula is C13H11FS.